The van der Waals surface area contributed by atoms with Crippen LogP contribution in [0.5, 0.6) is 5.75 Å². The van der Waals surface area contributed by atoms with E-state index in [0.29, 0.717) is 26.6 Å². The lowest BCUT2D eigenvalue weighted by Gasteiger charge is -2.15. The van der Waals surface area contributed by atoms with Gasteiger partial charge >= 0.3 is 0 Å². The van der Waals surface area contributed by atoms with E-state index in [1.165, 1.54) is 19.5 Å². The number of benzene rings is 2. The van der Waals surface area contributed by atoms with Gasteiger partial charge in [-0.2, -0.15) is 0 Å². The number of amides is 2. The Morgan fingerprint density at radius 2 is 1.70 bits per heavy atom. The lowest BCUT2D eigenvalue weighted by molar-refractivity contribution is -0.120. The van der Waals surface area contributed by atoms with Crippen LogP contribution in [0.15, 0.2) is 30.3 Å². The van der Waals surface area contributed by atoms with Crippen LogP contribution in [0.1, 0.15) is 81.2 Å². The van der Waals surface area contributed by atoms with Gasteiger partial charge in [0, 0.05) is 31.1 Å². The minimum absolute atomic E-state index is 0.00333. The third-order valence-corrected chi connectivity index (χ3v) is 7.70. The monoisotopic (exact) mass is 609 g/mol. The quantitative estimate of drug-likeness (QED) is 0.263. The molecule has 40 heavy (non-hydrogen) atoms. The molecule has 0 aliphatic carbocycles. The van der Waals surface area contributed by atoms with Gasteiger partial charge in [0.25, 0.3) is 18.3 Å². The van der Waals surface area contributed by atoms with Crippen molar-refractivity contribution in [2.45, 2.75) is 61.4 Å². The van der Waals surface area contributed by atoms with Crippen LogP contribution in [0.3, 0.4) is 0 Å². The molecule has 1 aliphatic rings. The number of hydrogen-bond acceptors (Lipinski definition) is 6. The Balaban J connectivity index is 0.00000125. The minimum atomic E-state index is -0.409. The van der Waals surface area contributed by atoms with Crippen molar-refractivity contribution in [3.63, 3.8) is 0 Å². The molecule has 2 heterocycles. The number of halogens is 2. The zero-order valence-electron chi connectivity index (χ0n) is 24.6. The number of carbonyl (C=O) groups is 3. The highest BCUT2D eigenvalue weighted by atomic mass is 35.5. The zero-order chi connectivity index (χ0) is 30.4. The number of nitrogens with zero attached hydrogens (tertiary/aromatic N) is 1. The standard InChI is InChI=1S/C24H23Cl2N3O4S.3C2H6/c1-13-7-8-29(10-13)11-14-3-5-15(6-4-14)22(31)28-24-18(23(32)27-2)16-9-17(25)20(33-12-30)19(26)21(16)34-24;3*1-2/h3-6,9,12-13H,7-8,10-11H2,1-2H3,(H,27,32)(H,28,31);3*1-2H3. The smallest absolute Gasteiger partial charge is 0.298 e. The van der Waals surface area contributed by atoms with Crippen LogP contribution in [-0.2, 0) is 11.3 Å². The number of ether oxygens (including phenoxy) is 1. The minimum Gasteiger partial charge on any atom is -0.425 e. The van der Waals surface area contributed by atoms with E-state index in [0.717, 1.165) is 36.5 Å². The molecule has 220 valence electrons. The first-order valence-corrected chi connectivity index (χ1v) is 15.3. The van der Waals surface area contributed by atoms with Gasteiger partial charge in [0.05, 0.1) is 15.3 Å². The molecule has 2 aromatic carbocycles. The van der Waals surface area contributed by atoms with Crippen molar-refractivity contribution in [2.24, 2.45) is 5.92 Å². The molecule has 1 aliphatic heterocycles. The number of hydrogen-bond donors (Lipinski definition) is 2. The van der Waals surface area contributed by atoms with Gasteiger partial charge in [0.15, 0.2) is 5.75 Å². The second-order valence-corrected chi connectivity index (χ2v) is 10.1. The van der Waals surface area contributed by atoms with Crippen LogP contribution in [0.2, 0.25) is 10.0 Å². The Kier molecular flexibility index (Phi) is 15.8. The van der Waals surface area contributed by atoms with Crippen molar-refractivity contribution in [1.82, 2.24) is 10.2 Å². The number of anilines is 1. The molecule has 1 aromatic heterocycles. The zero-order valence-corrected chi connectivity index (χ0v) is 26.9. The second kappa shape index (κ2) is 17.9. The fourth-order valence-electron chi connectivity index (χ4n) is 4.10. The molecule has 3 aromatic rings. The van der Waals surface area contributed by atoms with Crippen molar-refractivity contribution in [2.75, 3.05) is 25.5 Å². The summed E-state index contributed by atoms with van der Waals surface area (Å²) in [7, 11) is 1.49. The van der Waals surface area contributed by atoms with E-state index in [1.54, 1.807) is 12.1 Å². The Hall–Kier alpha value is -2.65. The molecule has 4 rings (SSSR count). The maximum atomic E-state index is 13.0. The average Bonchev–Trinajstić information content (AvgIpc) is 3.56. The number of nitrogens with one attached hydrogen (secondary N) is 2. The molecule has 1 fully saturated rings. The molecule has 10 heteroatoms. The first-order chi connectivity index (χ1) is 19.3. The number of rotatable bonds is 7. The number of carbonyl (C=O) groups excluding carboxylic acids is 3. The van der Waals surface area contributed by atoms with Crippen LogP contribution in [-0.4, -0.2) is 43.3 Å². The fourth-order valence-corrected chi connectivity index (χ4v) is 5.87. The van der Waals surface area contributed by atoms with Crippen LogP contribution >= 0.6 is 34.5 Å². The van der Waals surface area contributed by atoms with Crippen molar-refractivity contribution in [1.29, 1.82) is 0 Å². The maximum Gasteiger partial charge on any atom is 0.298 e. The summed E-state index contributed by atoms with van der Waals surface area (Å²) in [4.78, 5) is 38.9. The Morgan fingerprint density at radius 1 is 1.07 bits per heavy atom. The fraction of sp³-hybridized carbons (Fsp3) is 0.433. The van der Waals surface area contributed by atoms with Gasteiger partial charge in [0.2, 0.25) is 0 Å². The molecular formula is C30H41Cl2N3O4S. The van der Waals surface area contributed by atoms with E-state index in [9.17, 15) is 14.4 Å². The van der Waals surface area contributed by atoms with Gasteiger partial charge in [-0.15, -0.1) is 11.3 Å². The summed E-state index contributed by atoms with van der Waals surface area (Å²) < 4.78 is 5.36. The lowest BCUT2D eigenvalue weighted by Crippen LogP contribution is -2.21. The molecule has 7 nitrogen and oxygen atoms in total. The molecule has 0 saturated carbocycles. The first-order valence-electron chi connectivity index (χ1n) is 13.7. The van der Waals surface area contributed by atoms with Gasteiger partial charge in [0.1, 0.15) is 10.0 Å². The molecule has 1 unspecified atom stereocenters. The molecular weight excluding hydrogens is 569 g/mol. The Morgan fingerprint density at radius 3 is 2.23 bits per heavy atom. The van der Waals surface area contributed by atoms with Crippen LogP contribution in [0.25, 0.3) is 10.1 Å². The van der Waals surface area contributed by atoms with Crippen LogP contribution in [0.4, 0.5) is 5.00 Å². The van der Waals surface area contributed by atoms with Crippen LogP contribution < -0.4 is 15.4 Å². The van der Waals surface area contributed by atoms with Crippen LogP contribution in [0, 0.1) is 5.92 Å². The Labute approximate surface area is 252 Å². The lowest BCUT2D eigenvalue weighted by atomic mass is 10.1. The summed E-state index contributed by atoms with van der Waals surface area (Å²) >= 11 is 13.7. The van der Waals surface area contributed by atoms with E-state index in [-0.39, 0.29) is 33.7 Å². The maximum absolute atomic E-state index is 13.0. The van der Waals surface area contributed by atoms with E-state index >= 15 is 0 Å². The largest absolute Gasteiger partial charge is 0.425 e. The van der Waals surface area contributed by atoms with Gasteiger partial charge in [-0.1, -0.05) is 83.8 Å². The summed E-state index contributed by atoms with van der Waals surface area (Å²) in [5, 5.41) is 6.33. The molecule has 0 bridgehead atoms. The summed E-state index contributed by atoms with van der Waals surface area (Å²) in [6.45, 7) is 17.5. The third-order valence-electron chi connectivity index (χ3n) is 5.81. The van der Waals surface area contributed by atoms with Gasteiger partial charge < -0.3 is 15.4 Å². The summed E-state index contributed by atoms with van der Waals surface area (Å²) in [6.07, 6.45) is 1.21. The predicted molar refractivity (Wildman–Crippen MR) is 169 cm³/mol. The van der Waals surface area contributed by atoms with Crippen molar-refractivity contribution in [3.05, 3.63) is 57.1 Å². The van der Waals surface area contributed by atoms with Gasteiger partial charge in [-0.3, -0.25) is 19.3 Å². The highest BCUT2D eigenvalue weighted by molar-refractivity contribution is 7.24. The summed E-state index contributed by atoms with van der Waals surface area (Å²) in [5.41, 5.74) is 1.84. The normalized spacial score (nSPS) is 14.0. The number of likely N-dealkylation sites (tertiary alicyclic amines) is 1. The van der Waals surface area contributed by atoms with Crippen molar-refractivity contribution >= 4 is 67.9 Å². The molecule has 1 atom stereocenters. The molecule has 2 amide bonds. The molecule has 2 N–H and O–H groups in total. The number of thiophene rings is 1. The SMILES string of the molecule is CC.CC.CC.CNC(=O)c1c(NC(=O)c2ccc(CN3CCC(C)C3)cc2)sc2c(Cl)c(OC=O)c(Cl)cc12. The van der Waals surface area contributed by atoms with E-state index in [1.807, 2.05) is 53.7 Å². The van der Waals surface area contributed by atoms with Crippen molar-refractivity contribution < 1.29 is 19.1 Å². The second-order valence-electron chi connectivity index (χ2n) is 8.26. The van der Waals surface area contributed by atoms with E-state index in [4.69, 9.17) is 27.9 Å². The number of fused-ring (bicyclic) bond motifs is 1. The van der Waals surface area contributed by atoms with E-state index < -0.39 is 5.91 Å². The molecule has 1 saturated heterocycles. The highest BCUT2D eigenvalue weighted by Gasteiger charge is 2.25. The van der Waals surface area contributed by atoms with Crippen molar-refractivity contribution in [3.8, 4) is 5.75 Å². The topological polar surface area (TPSA) is 87.7 Å². The summed E-state index contributed by atoms with van der Waals surface area (Å²) in [5.74, 6) is -0.0562. The molecule has 0 radical (unpaired) electrons. The Bertz CT molecular complexity index is 1260. The molecule has 0 spiro atoms. The van der Waals surface area contributed by atoms with Gasteiger partial charge in [-0.05, 0) is 42.6 Å². The van der Waals surface area contributed by atoms with Gasteiger partial charge in [-0.25, -0.2) is 0 Å². The highest BCUT2D eigenvalue weighted by Crippen LogP contribution is 2.46. The first kappa shape index (κ1) is 35.4. The summed E-state index contributed by atoms with van der Waals surface area (Å²) in [6, 6.07) is 8.94. The average molecular weight is 611 g/mol. The predicted octanol–water partition coefficient (Wildman–Crippen LogP) is 8.28. The third kappa shape index (κ3) is 8.67. The van der Waals surface area contributed by atoms with E-state index in [2.05, 4.69) is 22.5 Å².